The van der Waals surface area contributed by atoms with Gasteiger partial charge in [-0.15, -0.1) is 0 Å². The van der Waals surface area contributed by atoms with Crippen molar-refractivity contribution in [1.29, 1.82) is 0 Å². The van der Waals surface area contributed by atoms with Crippen LogP contribution >= 0.6 is 0 Å². The monoisotopic (exact) mass is 465 g/mol. The lowest BCUT2D eigenvalue weighted by Crippen LogP contribution is -2.63. The first kappa shape index (κ1) is 25.6. The molecule has 6 atom stereocenters. The van der Waals surface area contributed by atoms with E-state index in [4.69, 9.17) is 18.9 Å². The van der Waals surface area contributed by atoms with Crippen LogP contribution in [0.4, 0.5) is 5.69 Å². The molecular formula is C25H39NO7. The van der Waals surface area contributed by atoms with Crippen LogP contribution in [0.1, 0.15) is 40.0 Å². The van der Waals surface area contributed by atoms with Gasteiger partial charge in [-0.3, -0.25) is 0 Å². The summed E-state index contributed by atoms with van der Waals surface area (Å²) in [5.74, 6) is 0.908. The number of nitrogens with zero attached hydrogens (tertiary/aromatic N) is 1. The highest BCUT2D eigenvalue weighted by molar-refractivity contribution is 5.66. The zero-order valence-electron chi connectivity index (χ0n) is 20.8. The third-order valence-electron chi connectivity index (χ3n) is 7.46. The molecule has 0 unspecified atom stereocenters. The average Bonchev–Trinajstić information content (AvgIpc) is 3.05. The summed E-state index contributed by atoms with van der Waals surface area (Å²) in [4.78, 5) is 2.01. The molecule has 0 aromatic heterocycles. The molecular weight excluding hydrogens is 426 g/mol. The highest BCUT2D eigenvalue weighted by atomic mass is 16.5. The second-order valence-electron chi connectivity index (χ2n) is 9.62. The van der Waals surface area contributed by atoms with E-state index in [0.717, 1.165) is 11.3 Å². The maximum Gasteiger partial charge on any atom is 0.203 e. The van der Waals surface area contributed by atoms with E-state index in [2.05, 4.69) is 0 Å². The van der Waals surface area contributed by atoms with Crippen LogP contribution in [0.2, 0.25) is 0 Å². The lowest BCUT2D eigenvalue weighted by Gasteiger charge is -2.50. The van der Waals surface area contributed by atoms with E-state index in [1.807, 2.05) is 43.9 Å². The van der Waals surface area contributed by atoms with E-state index < -0.39 is 35.4 Å². The second kappa shape index (κ2) is 9.70. The maximum atomic E-state index is 11.8. The van der Waals surface area contributed by atoms with Crippen molar-refractivity contribution in [2.75, 3.05) is 39.9 Å². The first-order chi connectivity index (χ1) is 15.6. The van der Waals surface area contributed by atoms with Gasteiger partial charge < -0.3 is 39.2 Å². The number of aliphatic hydroxyl groups excluding tert-OH is 2. The van der Waals surface area contributed by atoms with Crippen molar-refractivity contribution in [3.05, 3.63) is 23.8 Å². The third-order valence-corrected chi connectivity index (χ3v) is 7.46. The molecule has 3 rings (SSSR count). The summed E-state index contributed by atoms with van der Waals surface area (Å²) in [6, 6.07) is 3.65. The van der Waals surface area contributed by atoms with Gasteiger partial charge in [0.1, 0.15) is 0 Å². The Labute approximate surface area is 196 Å². The molecule has 1 saturated heterocycles. The van der Waals surface area contributed by atoms with Gasteiger partial charge in [-0.25, -0.2) is 0 Å². The minimum absolute atomic E-state index is 0.269. The summed E-state index contributed by atoms with van der Waals surface area (Å²) in [5, 5.41) is 34.2. The van der Waals surface area contributed by atoms with Crippen LogP contribution in [0.3, 0.4) is 0 Å². The molecule has 0 amide bonds. The predicted octanol–water partition coefficient (Wildman–Crippen LogP) is 2.53. The second-order valence-corrected chi connectivity index (χ2v) is 9.62. The van der Waals surface area contributed by atoms with Crippen LogP contribution in [0, 0.1) is 5.92 Å². The fourth-order valence-corrected chi connectivity index (χ4v) is 5.77. The molecule has 186 valence electrons. The number of methoxy groups -OCH3 is 4. The number of anilines is 1. The van der Waals surface area contributed by atoms with Crippen molar-refractivity contribution in [2.45, 2.75) is 69.5 Å². The number of hydrogen-bond donors (Lipinski definition) is 3. The standard InChI is InChI=1S/C25H39NO7/c1-15(2)8-9-20(28)24(3)23-21(32-6)17(27)10-11-25(23,29)14-26(24)16-12-18(30-4)22(33-7)19(13-16)31-5/h8,12-13,17,20-21,23,27-29H,9-11,14H2,1-7H3/t17-,20-,21-,23-,24-,25+/m1/s1. The van der Waals surface area contributed by atoms with Crippen molar-refractivity contribution >= 4 is 5.69 Å². The zero-order valence-corrected chi connectivity index (χ0v) is 20.8. The lowest BCUT2D eigenvalue weighted by atomic mass is 9.65. The van der Waals surface area contributed by atoms with E-state index >= 15 is 0 Å². The molecule has 0 radical (unpaired) electrons. The molecule has 0 spiro atoms. The van der Waals surface area contributed by atoms with E-state index in [1.165, 1.54) is 0 Å². The van der Waals surface area contributed by atoms with Crippen LogP contribution in [0.5, 0.6) is 17.2 Å². The summed E-state index contributed by atoms with van der Waals surface area (Å²) in [5.41, 5.74) is -0.290. The molecule has 1 heterocycles. The summed E-state index contributed by atoms with van der Waals surface area (Å²) in [7, 11) is 6.20. The van der Waals surface area contributed by atoms with E-state index in [-0.39, 0.29) is 6.54 Å². The molecule has 1 aliphatic carbocycles. The fraction of sp³-hybridized carbons (Fsp3) is 0.680. The van der Waals surface area contributed by atoms with E-state index in [9.17, 15) is 15.3 Å². The molecule has 33 heavy (non-hydrogen) atoms. The minimum Gasteiger partial charge on any atom is -0.493 e. The molecule has 1 aromatic rings. The number of rotatable bonds is 8. The minimum atomic E-state index is -1.15. The highest BCUT2D eigenvalue weighted by Gasteiger charge is 2.66. The van der Waals surface area contributed by atoms with Gasteiger partial charge in [-0.05, 0) is 40.0 Å². The molecule has 1 saturated carbocycles. The highest BCUT2D eigenvalue weighted by Crippen LogP contribution is 2.55. The summed E-state index contributed by atoms with van der Waals surface area (Å²) >= 11 is 0. The van der Waals surface area contributed by atoms with Crippen LogP contribution < -0.4 is 19.1 Å². The molecule has 0 bridgehead atoms. The van der Waals surface area contributed by atoms with Crippen molar-refractivity contribution in [1.82, 2.24) is 0 Å². The van der Waals surface area contributed by atoms with Gasteiger partial charge in [0.15, 0.2) is 11.5 Å². The Morgan fingerprint density at radius 2 is 1.76 bits per heavy atom. The number of allylic oxidation sites excluding steroid dienone is 1. The maximum absolute atomic E-state index is 11.8. The number of fused-ring (bicyclic) bond motifs is 1. The Morgan fingerprint density at radius 1 is 1.15 bits per heavy atom. The van der Waals surface area contributed by atoms with Crippen LogP contribution in [-0.2, 0) is 4.74 Å². The average molecular weight is 466 g/mol. The topological polar surface area (TPSA) is 101 Å². The number of benzene rings is 1. The SMILES string of the molecule is COc1cc(N2C[C@@]3(O)CC[C@@H](O)[C@@H](OC)[C@@H]3[C@@]2(C)[C@H](O)CC=C(C)C)cc(OC)c1OC. The largest absolute Gasteiger partial charge is 0.493 e. The van der Waals surface area contributed by atoms with E-state index in [0.29, 0.717) is 36.5 Å². The van der Waals surface area contributed by atoms with Crippen LogP contribution in [0.25, 0.3) is 0 Å². The van der Waals surface area contributed by atoms with Gasteiger partial charge in [0, 0.05) is 37.4 Å². The summed E-state index contributed by atoms with van der Waals surface area (Å²) in [6.45, 7) is 6.18. The Balaban J connectivity index is 2.20. The Kier molecular flexibility index (Phi) is 7.53. The molecule has 2 aliphatic rings. The Morgan fingerprint density at radius 3 is 2.24 bits per heavy atom. The van der Waals surface area contributed by atoms with Gasteiger partial charge in [-0.2, -0.15) is 0 Å². The molecule has 1 aliphatic heterocycles. The molecule has 8 heteroatoms. The van der Waals surface area contributed by atoms with Crippen LogP contribution in [0.15, 0.2) is 23.8 Å². The van der Waals surface area contributed by atoms with Gasteiger partial charge in [0.05, 0.1) is 50.8 Å². The number of hydrogen-bond acceptors (Lipinski definition) is 8. The van der Waals surface area contributed by atoms with E-state index in [1.54, 1.807) is 28.4 Å². The van der Waals surface area contributed by atoms with Crippen LogP contribution in [-0.4, -0.2) is 79.8 Å². The lowest BCUT2D eigenvalue weighted by molar-refractivity contribution is -0.164. The summed E-state index contributed by atoms with van der Waals surface area (Å²) in [6.07, 6.45) is 1.03. The number of β-amino-alcohol motifs (C(OH)–C–C–N with tert-alkyl or cyclic N) is 1. The first-order valence-corrected chi connectivity index (χ1v) is 11.4. The van der Waals surface area contributed by atoms with Crippen molar-refractivity contribution < 1.29 is 34.3 Å². The zero-order chi connectivity index (χ0) is 24.6. The number of aliphatic hydroxyl groups is 3. The molecule has 3 N–H and O–H groups in total. The smallest absolute Gasteiger partial charge is 0.203 e. The van der Waals surface area contributed by atoms with Gasteiger partial charge in [0.25, 0.3) is 0 Å². The normalized spacial score (nSPS) is 32.2. The number of ether oxygens (including phenoxy) is 4. The third kappa shape index (κ3) is 4.30. The molecule has 1 aromatic carbocycles. The fourth-order valence-electron chi connectivity index (χ4n) is 5.77. The Hall–Kier alpha value is -2.00. The summed E-state index contributed by atoms with van der Waals surface area (Å²) < 4.78 is 22.3. The quantitative estimate of drug-likeness (QED) is 0.504. The first-order valence-electron chi connectivity index (χ1n) is 11.4. The van der Waals surface area contributed by atoms with Crippen molar-refractivity contribution in [3.8, 4) is 17.2 Å². The molecule has 2 fully saturated rings. The predicted molar refractivity (Wildman–Crippen MR) is 126 cm³/mol. The van der Waals surface area contributed by atoms with Crippen molar-refractivity contribution in [3.63, 3.8) is 0 Å². The Bertz CT molecular complexity index is 845. The van der Waals surface area contributed by atoms with Crippen molar-refractivity contribution in [2.24, 2.45) is 5.92 Å². The van der Waals surface area contributed by atoms with Gasteiger partial charge >= 0.3 is 0 Å². The van der Waals surface area contributed by atoms with Gasteiger partial charge in [0.2, 0.25) is 5.75 Å². The van der Waals surface area contributed by atoms with Gasteiger partial charge in [-0.1, -0.05) is 11.6 Å². The molecule has 8 nitrogen and oxygen atoms in total.